The molecule has 0 unspecified atom stereocenters. The molecule has 3 nitrogen and oxygen atoms in total. The molecule has 0 bridgehead atoms. The van der Waals surface area contributed by atoms with Crippen molar-refractivity contribution in [1.29, 1.82) is 0 Å². The number of carboxylic acid groups (broad SMARTS) is 1. The minimum atomic E-state index is -1.30. The van der Waals surface area contributed by atoms with Gasteiger partial charge in [0.25, 0.3) is 0 Å². The molecule has 0 atom stereocenters. The number of carboxylic acids is 1. The second-order valence-electron chi connectivity index (χ2n) is 2.54. The first kappa shape index (κ1) is 14.2. The van der Waals surface area contributed by atoms with Crippen LogP contribution in [0.5, 0.6) is 0 Å². The van der Waals surface area contributed by atoms with Crippen molar-refractivity contribution >= 4 is 11.8 Å². The fourth-order valence-electron chi connectivity index (χ4n) is 0.819. The third kappa shape index (κ3) is 7.78. The van der Waals surface area contributed by atoms with E-state index in [0.717, 1.165) is 19.3 Å². The van der Waals surface area contributed by atoms with Gasteiger partial charge in [-0.1, -0.05) is 26.2 Å². The van der Waals surface area contributed by atoms with E-state index in [2.05, 4.69) is 6.92 Å². The van der Waals surface area contributed by atoms with Gasteiger partial charge in [0.05, 0.1) is 0 Å². The topological polar surface area (TPSA) is 54.4 Å². The predicted octanol–water partition coefficient (Wildman–Crippen LogP) is 1.61. The van der Waals surface area contributed by atoms with Crippen LogP contribution in [0.4, 0.5) is 0 Å². The molecule has 0 saturated heterocycles. The summed E-state index contributed by atoms with van der Waals surface area (Å²) in [5, 5.41) is 8.19. The van der Waals surface area contributed by atoms with Crippen molar-refractivity contribution in [3.05, 3.63) is 0 Å². The molecule has 0 aromatic rings. The number of ketones is 1. The maximum atomic E-state index is 10.5. The second-order valence-corrected chi connectivity index (χ2v) is 2.54. The number of aliphatic carboxylic acids is 1. The zero-order valence-electron chi connectivity index (χ0n) is 7.21. The van der Waals surface area contributed by atoms with Crippen LogP contribution < -0.4 is 0 Å². The standard InChI is InChI=1S/C8H14O3.Cr/c1-2-3-4-5-6-7(9)8(10)11;/h2-6H2,1H3,(H,10,11);. The van der Waals surface area contributed by atoms with E-state index in [1.165, 1.54) is 0 Å². The average Bonchev–Trinajstić information content (AvgIpc) is 1.97. The number of carbonyl (C=O) groups is 2. The monoisotopic (exact) mass is 210 g/mol. The van der Waals surface area contributed by atoms with Crippen LogP contribution in [0.25, 0.3) is 0 Å². The molecule has 0 spiro atoms. The van der Waals surface area contributed by atoms with Crippen LogP contribution in [0.3, 0.4) is 0 Å². The molecule has 0 saturated carbocycles. The van der Waals surface area contributed by atoms with E-state index in [0.29, 0.717) is 6.42 Å². The molecule has 0 aliphatic rings. The summed E-state index contributed by atoms with van der Waals surface area (Å²) >= 11 is 0. The molecule has 1 N–H and O–H groups in total. The SMILES string of the molecule is CCCCCCC(=O)C(=O)O.[Cr]. The molecule has 12 heavy (non-hydrogen) atoms. The van der Waals surface area contributed by atoms with Crippen molar-refractivity contribution in [3.8, 4) is 0 Å². The minimum absolute atomic E-state index is 0. The second kappa shape index (κ2) is 8.77. The maximum Gasteiger partial charge on any atom is 0.372 e. The Morgan fingerprint density at radius 3 is 2.17 bits per heavy atom. The third-order valence-electron chi connectivity index (χ3n) is 1.50. The number of unbranched alkanes of at least 4 members (excludes halogenated alkanes) is 3. The zero-order chi connectivity index (χ0) is 8.69. The molecular weight excluding hydrogens is 196 g/mol. The maximum absolute atomic E-state index is 10.5. The van der Waals surface area contributed by atoms with E-state index in [9.17, 15) is 9.59 Å². The van der Waals surface area contributed by atoms with Gasteiger partial charge in [0.15, 0.2) is 0 Å². The molecule has 0 heterocycles. The summed E-state index contributed by atoms with van der Waals surface area (Å²) in [5.74, 6) is -1.97. The van der Waals surface area contributed by atoms with Crippen molar-refractivity contribution in [3.63, 3.8) is 0 Å². The molecule has 0 amide bonds. The summed E-state index contributed by atoms with van der Waals surface area (Å²) in [6, 6.07) is 0. The molecule has 0 aromatic carbocycles. The Labute approximate surface area is 83.3 Å². The number of carbonyl (C=O) groups excluding carboxylic acids is 1. The van der Waals surface area contributed by atoms with Crippen molar-refractivity contribution in [1.82, 2.24) is 0 Å². The summed E-state index contributed by atoms with van der Waals surface area (Å²) in [5.41, 5.74) is 0. The largest absolute Gasteiger partial charge is 0.476 e. The first-order valence-electron chi connectivity index (χ1n) is 3.94. The number of rotatable bonds is 6. The van der Waals surface area contributed by atoms with Crippen molar-refractivity contribution < 1.29 is 32.1 Å². The summed E-state index contributed by atoms with van der Waals surface area (Å²) < 4.78 is 0. The van der Waals surface area contributed by atoms with Crippen LogP contribution >= 0.6 is 0 Å². The van der Waals surface area contributed by atoms with Gasteiger partial charge in [0.1, 0.15) is 0 Å². The smallest absolute Gasteiger partial charge is 0.372 e. The Kier molecular flexibility index (Phi) is 10.4. The van der Waals surface area contributed by atoms with Crippen molar-refractivity contribution in [2.24, 2.45) is 0 Å². The Balaban J connectivity index is 0. The van der Waals surface area contributed by atoms with Gasteiger partial charge in [0, 0.05) is 23.8 Å². The molecule has 70 valence electrons. The number of Topliss-reactive ketones (excluding diaryl/α,β-unsaturated/α-hetero) is 1. The van der Waals surface area contributed by atoms with Crippen molar-refractivity contribution in [2.45, 2.75) is 39.0 Å². The Hall–Kier alpha value is -0.328. The van der Waals surface area contributed by atoms with Crippen LogP contribution in [0.1, 0.15) is 39.0 Å². The molecule has 4 heteroatoms. The number of hydrogen-bond acceptors (Lipinski definition) is 2. The van der Waals surface area contributed by atoms with Gasteiger partial charge < -0.3 is 5.11 Å². The van der Waals surface area contributed by atoms with Gasteiger partial charge in [0.2, 0.25) is 5.78 Å². The van der Waals surface area contributed by atoms with Crippen LogP contribution in [0.15, 0.2) is 0 Å². The van der Waals surface area contributed by atoms with E-state index in [-0.39, 0.29) is 23.8 Å². The van der Waals surface area contributed by atoms with Crippen molar-refractivity contribution in [2.75, 3.05) is 0 Å². The molecule has 0 rings (SSSR count). The predicted molar refractivity (Wildman–Crippen MR) is 41.4 cm³/mol. The summed E-state index contributed by atoms with van der Waals surface area (Å²) in [6.45, 7) is 2.07. The molecule has 0 fully saturated rings. The van der Waals surface area contributed by atoms with Crippen LogP contribution in [-0.2, 0) is 27.0 Å². The van der Waals surface area contributed by atoms with E-state index >= 15 is 0 Å². The van der Waals surface area contributed by atoms with Gasteiger partial charge in [-0.25, -0.2) is 4.79 Å². The van der Waals surface area contributed by atoms with Gasteiger partial charge in [-0.3, -0.25) is 4.79 Å². The van der Waals surface area contributed by atoms with E-state index in [1.807, 2.05) is 0 Å². The summed E-state index contributed by atoms with van der Waals surface area (Å²) in [6.07, 6.45) is 4.03. The van der Waals surface area contributed by atoms with Crippen LogP contribution in [-0.4, -0.2) is 16.9 Å². The van der Waals surface area contributed by atoms with E-state index in [1.54, 1.807) is 0 Å². The quantitative estimate of drug-likeness (QED) is 0.535. The Morgan fingerprint density at radius 1 is 1.17 bits per heavy atom. The summed E-state index contributed by atoms with van der Waals surface area (Å²) in [4.78, 5) is 20.5. The molecule has 0 aliphatic carbocycles. The van der Waals surface area contributed by atoms with E-state index in [4.69, 9.17) is 5.11 Å². The molecule has 0 radical (unpaired) electrons. The Morgan fingerprint density at radius 2 is 1.75 bits per heavy atom. The fourth-order valence-corrected chi connectivity index (χ4v) is 0.819. The van der Waals surface area contributed by atoms with Crippen LogP contribution in [0.2, 0.25) is 0 Å². The molecule has 0 aliphatic heterocycles. The zero-order valence-corrected chi connectivity index (χ0v) is 8.48. The number of hydrogen-bond donors (Lipinski definition) is 1. The summed E-state index contributed by atoms with van der Waals surface area (Å²) in [7, 11) is 0. The first-order chi connectivity index (χ1) is 5.18. The third-order valence-corrected chi connectivity index (χ3v) is 1.50. The van der Waals surface area contributed by atoms with Gasteiger partial charge >= 0.3 is 5.97 Å². The minimum Gasteiger partial charge on any atom is -0.476 e. The Bertz CT molecular complexity index is 145. The van der Waals surface area contributed by atoms with Gasteiger partial charge in [-0.05, 0) is 6.42 Å². The molecular formula is C8H14CrO3. The normalized spacial score (nSPS) is 8.75. The van der Waals surface area contributed by atoms with Crippen LogP contribution in [0, 0.1) is 0 Å². The van der Waals surface area contributed by atoms with E-state index < -0.39 is 11.8 Å². The fraction of sp³-hybridized carbons (Fsp3) is 0.750. The molecule has 0 aromatic heterocycles. The average molecular weight is 210 g/mol. The first-order valence-corrected chi connectivity index (χ1v) is 3.94. The van der Waals surface area contributed by atoms with Gasteiger partial charge in [-0.15, -0.1) is 0 Å². The van der Waals surface area contributed by atoms with Gasteiger partial charge in [-0.2, -0.15) is 0 Å².